The highest BCUT2D eigenvalue weighted by molar-refractivity contribution is 5.86. The average Bonchev–Trinajstić information content (AvgIpc) is 3.11. The van der Waals surface area contributed by atoms with Crippen LogP contribution in [0.3, 0.4) is 0 Å². The Morgan fingerprint density at radius 3 is 2.64 bits per heavy atom. The van der Waals surface area contributed by atoms with Crippen LogP contribution in [0.15, 0.2) is 47.6 Å². The van der Waals surface area contributed by atoms with Gasteiger partial charge in [-0.15, -0.1) is 0 Å². The number of halogens is 4. The van der Waals surface area contributed by atoms with Gasteiger partial charge in [0.1, 0.15) is 5.82 Å². The first-order valence-corrected chi connectivity index (χ1v) is 11.2. The summed E-state index contributed by atoms with van der Waals surface area (Å²) < 4.78 is 56.1. The Kier molecular flexibility index (Phi) is 5.12. The monoisotopic (exact) mass is 459 g/mol. The molecule has 1 saturated carbocycles. The van der Waals surface area contributed by atoms with Crippen molar-refractivity contribution in [3.63, 3.8) is 0 Å². The Morgan fingerprint density at radius 1 is 1.18 bits per heavy atom. The molecule has 3 aromatic rings. The zero-order chi connectivity index (χ0) is 23.4. The predicted molar refractivity (Wildman–Crippen MR) is 118 cm³/mol. The van der Waals surface area contributed by atoms with E-state index in [1.807, 2.05) is 6.07 Å². The van der Waals surface area contributed by atoms with Gasteiger partial charge in [0.2, 0.25) is 0 Å². The molecule has 4 nitrogen and oxygen atoms in total. The molecule has 174 valence electrons. The first-order valence-electron chi connectivity index (χ1n) is 11.2. The van der Waals surface area contributed by atoms with Crippen molar-refractivity contribution in [1.82, 2.24) is 9.78 Å². The van der Waals surface area contributed by atoms with Gasteiger partial charge < -0.3 is 5.11 Å². The highest BCUT2D eigenvalue weighted by Crippen LogP contribution is 2.55. The fourth-order valence-electron chi connectivity index (χ4n) is 5.84. The van der Waals surface area contributed by atoms with E-state index in [2.05, 4.69) is 16.2 Å². The van der Waals surface area contributed by atoms with Gasteiger partial charge in [0.05, 0.1) is 17.4 Å². The molecule has 0 unspecified atom stereocenters. The molecular weight excluding hydrogens is 434 g/mol. The van der Waals surface area contributed by atoms with Crippen molar-refractivity contribution < 1.29 is 22.7 Å². The summed E-state index contributed by atoms with van der Waals surface area (Å²) >= 11 is 0. The van der Waals surface area contributed by atoms with Gasteiger partial charge in [-0.25, -0.2) is 9.07 Å². The summed E-state index contributed by atoms with van der Waals surface area (Å²) in [4.78, 5) is 4.28. The van der Waals surface area contributed by atoms with E-state index < -0.39 is 17.2 Å². The molecular formula is C25H25F4N3O. The molecule has 0 saturated heterocycles. The molecule has 0 bridgehead atoms. The summed E-state index contributed by atoms with van der Waals surface area (Å²) in [5.74, 6) is -0.695. The second-order valence-electron chi connectivity index (χ2n) is 9.35. The molecule has 3 atom stereocenters. The van der Waals surface area contributed by atoms with Crippen LogP contribution in [-0.4, -0.2) is 39.9 Å². The standard InChI is InChI=1S/C25H25F4N3O/c1-30-15-23-9-10-24(33,25(27,28)29)13-18(23)4-2-3-16-12-22-17(11-21(16)23)14-31-32(22)20-7-5-19(26)6-8-20/h5-8,11-12,14-15,18,33H,2-4,9-10,13H2,1H3/t18-,23+,24-/m0/s1. The van der Waals surface area contributed by atoms with Gasteiger partial charge >= 0.3 is 6.18 Å². The van der Waals surface area contributed by atoms with E-state index in [4.69, 9.17) is 0 Å². The van der Waals surface area contributed by atoms with E-state index in [1.165, 1.54) is 12.1 Å². The molecule has 1 N–H and O–H groups in total. The fraction of sp³-hybridized carbons (Fsp3) is 0.440. The lowest BCUT2D eigenvalue weighted by Gasteiger charge is -2.48. The lowest BCUT2D eigenvalue weighted by atomic mass is 9.58. The van der Waals surface area contributed by atoms with Crippen molar-refractivity contribution in [2.75, 3.05) is 7.05 Å². The molecule has 0 aliphatic heterocycles. The Morgan fingerprint density at radius 2 is 1.94 bits per heavy atom. The second-order valence-corrected chi connectivity index (χ2v) is 9.35. The summed E-state index contributed by atoms with van der Waals surface area (Å²) in [6.07, 6.45) is 0.396. The summed E-state index contributed by atoms with van der Waals surface area (Å²) in [5, 5.41) is 15.8. The lowest BCUT2D eigenvalue weighted by molar-refractivity contribution is -0.277. The highest BCUT2D eigenvalue weighted by Gasteiger charge is 2.60. The third-order valence-electron chi connectivity index (χ3n) is 7.52. The molecule has 1 heterocycles. The van der Waals surface area contributed by atoms with E-state index >= 15 is 0 Å². The van der Waals surface area contributed by atoms with E-state index in [0.717, 1.165) is 40.6 Å². The number of hydrogen-bond donors (Lipinski definition) is 1. The zero-order valence-electron chi connectivity index (χ0n) is 18.2. The first-order chi connectivity index (χ1) is 15.7. The van der Waals surface area contributed by atoms with Crippen LogP contribution in [0.4, 0.5) is 17.6 Å². The van der Waals surface area contributed by atoms with Crippen molar-refractivity contribution in [2.45, 2.75) is 55.7 Å². The maximum absolute atomic E-state index is 13.7. The second kappa shape index (κ2) is 7.65. The molecule has 2 aliphatic carbocycles. The minimum Gasteiger partial charge on any atom is -0.380 e. The number of aryl methyl sites for hydroxylation is 1. The third kappa shape index (κ3) is 3.46. The summed E-state index contributed by atoms with van der Waals surface area (Å²) in [5.41, 5.74) is 0.312. The van der Waals surface area contributed by atoms with Gasteiger partial charge in [0.25, 0.3) is 0 Å². The number of fused-ring (bicyclic) bond motifs is 4. The van der Waals surface area contributed by atoms with Crippen molar-refractivity contribution in [1.29, 1.82) is 0 Å². The van der Waals surface area contributed by atoms with Crippen LogP contribution in [0.25, 0.3) is 16.6 Å². The van der Waals surface area contributed by atoms with Gasteiger partial charge in [-0.1, -0.05) is 0 Å². The normalized spacial score (nSPS) is 28.0. The minimum atomic E-state index is -4.65. The summed E-state index contributed by atoms with van der Waals surface area (Å²) in [6.45, 7) is 0. The summed E-state index contributed by atoms with van der Waals surface area (Å²) in [6, 6.07) is 10.2. The minimum absolute atomic E-state index is 0.176. The molecule has 8 heteroatoms. The largest absolute Gasteiger partial charge is 0.417 e. The van der Waals surface area contributed by atoms with Crippen LogP contribution < -0.4 is 0 Å². The number of nitrogens with zero attached hydrogens (tertiary/aromatic N) is 3. The highest BCUT2D eigenvalue weighted by atomic mass is 19.4. The number of rotatable bonds is 2. The fourth-order valence-corrected chi connectivity index (χ4v) is 5.84. The van der Waals surface area contributed by atoms with Crippen molar-refractivity contribution >= 4 is 17.1 Å². The molecule has 1 fully saturated rings. The van der Waals surface area contributed by atoms with E-state index in [-0.39, 0.29) is 31.0 Å². The van der Waals surface area contributed by atoms with Gasteiger partial charge in [-0.2, -0.15) is 18.3 Å². The topological polar surface area (TPSA) is 50.4 Å². The van der Waals surface area contributed by atoms with Crippen LogP contribution in [0, 0.1) is 11.7 Å². The molecule has 5 rings (SSSR count). The maximum Gasteiger partial charge on any atom is 0.417 e. The molecule has 0 amide bonds. The van der Waals surface area contributed by atoms with Crippen LogP contribution in [0.5, 0.6) is 0 Å². The van der Waals surface area contributed by atoms with Gasteiger partial charge in [-0.3, -0.25) is 4.99 Å². The smallest absolute Gasteiger partial charge is 0.380 e. The Hall–Kier alpha value is -2.74. The quantitative estimate of drug-likeness (QED) is 0.405. The molecule has 0 radical (unpaired) electrons. The Balaban J connectivity index is 1.64. The third-order valence-corrected chi connectivity index (χ3v) is 7.52. The Bertz CT molecular complexity index is 1220. The van der Waals surface area contributed by atoms with E-state index in [1.54, 1.807) is 36.3 Å². The molecule has 33 heavy (non-hydrogen) atoms. The van der Waals surface area contributed by atoms with Crippen molar-refractivity contribution in [2.24, 2.45) is 10.9 Å². The number of benzene rings is 2. The van der Waals surface area contributed by atoms with Crippen LogP contribution in [0.2, 0.25) is 0 Å². The lowest BCUT2D eigenvalue weighted by Crippen LogP contribution is -2.55. The van der Waals surface area contributed by atoms with Crippen molar-refractivity contribution in [3.8, 4) is 5.69 Å². The molecule has 2 aliphatic rings. The van der Waals surface area contributed by atoms with Crippen LogP contribution in [-0.2, 0) is 11.8 Å². The molecule has 2 aromatic carbocycles. The Labute approximate surface area is 188 Å². The average molecular weight is 459 g/mol. The van der Waals surface area contributed by atoms with E-state index in [9.17, 15) is 22.7 Å². The van der Waals surface area contributed by atoms with Crippen LogP contribution >= 0.6 is 0 Å². The van der Waals surface area contributed by atoms with Gasteiger partial charge in [0, 0.05) is 24.1 Å². The number of aromatic nitrogens is 2. The predicted octanol–water partition coefficient (Wildman–Crippen LogP) is 5.53. The summed E-state index contributed by atoms with van der Waals surface area (Å²) in [7, 11) is 1.64. The zero-order valence-corrected chi connectivity index (χ0v) is 18.2. The molecule has 0 spiro atoms. The first kappa shape index (κ1) is 22.1. The van der Waals surface area contributed by atoms with Crippen molar-refractivity contribution in [3.05, 3.63) is 59.5 Å². The molecule has 1 aromatic heterocycles. The number of hydrogen-bond acceptors (Lipinski definition) is 3. The van der Waals surface area contributed by atoms with Crippen LogP contribution in [0.1, 0.15) is 43.2 Å². The van der Waals surface area contributed by atoms with Gasteiger partial charge in [0.15, 0.2) is 5.60 Å². The number of aliphatic imine (C=N–C) groups is 1. The van der Waals surface area contributed by atoms with E-state index in [0.29, 0.717) is 6.42 Å². The maximum atomic E-state index is 13.7. The number of alkyl halides is 3. The SMILES string of the molecule is CN=C[C@]12CC[C@@](O)(C(F)(F)F)C[C@@H]1CCCc1cc3c(cnn3-c3ccc(F)cc3)cc12. The number of aliphatic hydroxyl groups is 1. The van der Waals surface area contributed by atoms with Gasteiger partial charge in [-0.05, 0) is 92.0 Å².